The van der Waals surface area contributed by atoms with Crippen molar-refractivity contribution in [3.8, 4) is 0 Å². The molecule has 0 aliphatic carbocycles. The number of benzene rings is 2. The Labute approximate surface area is 238 Å². The maximum Gasteiger partial charge on any atom is 0.343 e. The molecule has 5 rings (SSSR count). The van der Waals surface area contributed by atoms with Crippen LogP contribution in [0, 0.1) is 0 Å². The minimum Gasteiger partial charge on any atom is -0.422 e. The summed E-state index contributed by atoms with van der Waals surface area (Å²) in [5.41, 5.74) is 3.40. The summed E-state index contributed by atoms with van der Waals surface area (Å²) >= 11 is 0. The quantitative estimate of drug-likeness (QED) is 0.234. The van der Waals surface area contributed by atoms with Gasteiger partial charge in [-0.05, 0) is 76.2 Å². The summed E-state index contributed by atoms with van der Waals surface area (Å²) in [6.07, 6.45) is 3.15. The van der Waals surface area contributed by atoms with Gasteiger partial charge in [0.15, 0.2) is 5.78 Å². The lowest BCUT2D eigenvalue weighted by Gasteiger charge is -2.21. The Morgan fingerprint density at radius 1 is 0.659 bits per heavy atom. The summed E-state index contributed by atoms with van der Waals surface area (Å²) in [6.45, 7) is 12.3. The number of anilines is 2. The van der Waals surface area contributed by atoms with Crippen LogP contribution in [0.25, 0.3) is 34.1 Å². The molecule has 0 unspecified atom stereocenters. The van der Waals surface area contributed by atoms with Crippen LogP contribution in [0.2, 0.25) is 0 Å². The number of fused-ring (bicyclic) bond motifs is 2. The van der Waals surface area contributed by atoms with Crippen molar-refractivity contribution in [2.45, 2.75) is 27.7 Å². The smallest absolute Gasteiger partial charge is 0.343 e. The van der Waals surface area contributed by atoms with Crippen LogP contribution in [0.3, 0.4) is 0 Å². The summed E-state index contributed by atoms with van der Waals surface area (Å²) in [5, 5.41) is 4.75. The van der Waals surface area contributed by atoms with Crippen molar-refractivity contribution < 1.29 is 13.6 Å². The highest BCUT2D eigenvalue weighted by molar-refractivity contribution is 6.14. The number of ketones is 1. The van der Waals surface area contributed by atoms with Gasteiger partial charge < -0.3 is 24.0 Å². The molecule has 1 fully saturated rings. The van der Waals surface area contributed by atoms with Gasteiger partial charge >= 0.3 is 11.3 Å². The molecule has 2 aromatic heterocycles. The molecule has 4 aromatic rings. The maximum absolute atomic E-state index is 13.4. The normalized spacial score (nSPS) is 15.8. The average Bonchev–Trinajstić information content (AvgIpc) is 2.97. The van der Waals surface area contributed by atoms with Gasteiger partial charge in [0.05, 0.1) is 11.1 Å². The minimum atomic E-state index is -0.509. The van der Waals surface area contributed by atoms with Gasteiger partial charge in [-0.15, -0.1) is 0 Å². The van der Waals surface area contributed by atoms with E-state index >= 15 is 0 Å². The van der Waals surface area contributed by atoms with Crippen LogP contribution in [0.5, 0.6) is 0 Å². The Morgan fingerprint density at radius 2 is 1.07 bits per heavy atom. The van der Waals surface area contributed by atoms with E-state index in [1.807, 2.05) is 36.4 Å². The third-order valence-electron chi connectivity index (χ3n) is 7.62. The molecule has 0 radical (unpaired) electrons. The molecule has 0 amide bonds. The van der Waals surface area contributed by atoms with Crippen molar-refractivity contribution >= 4 is 51.2 Å². The van der Waals surface area contributed by atoms with Gasteiger partial charge in [0.25, 0.3) is 0 Å². The fraction of sp³-hybridized carbons (Fsp3) is 0.303. The number of carbonyl (C=O) groups is 1. The Kier molecular flexibility index (Phi) is 8.21. The zero-order chi connectivity index (χ0) is 29.1. The van der Waals surface area contributed by atoms with Crippen LogP contribution in [0.1, 0.15) is 38.8 Å². The SMILES string of the molecule is CCN(CC)c1ccc2cc(/C=C3\CNC/C(=C\c4cc5ccc(N(CC)CC)cc5oc4=O)C3=O)c(=O)oc2c1. The lowest BCUT2D eigenvalue weighted by atomic mass is 9.96. The van der Waals surface area contributed by atoms with E-state index in [1.165, 1.54) is 0 Å². The second-order valence-corrected chi connectivity index (χ2v) is 10.0. The van der Waals surface area contributed by atoms with Gasteiger partial charge in [0.1, 0.15) is 11.2 Å². The molecule has 0 spiro atoms. The second-order valence-electron chi connectivity index (χ2n) is 10.0. The number of hydrogen-bond acceptors (Lipinski definition) is 8. The number of nitrogens with zero attached hydrogens (tertiary/aromatic N) is 2. The molecule has 2 aromatic carbocycles. The molecule has 0 atom stereocenters. The first-order valence-corrected chi connectivity index (χ1v) is 14.2. The van der Waals surface area contributed by atoms with Gasteiger partial charge in [0, 0.05) is 84.7 Å². The van der Waals surface area contributed by atoms with E-state index < -0.39 is 11.3 Å². The Morgan fingerprint density at radius 3 is 1.46 bits per heavy atom. The van der Waals surface area contributed by atoms with Crippen LogP contribution in [-0.4, -0.2) is 45.1 Å². The van der Waals surface area contributed by atoms with E-state index in [0.717, 1.165) is 48.3 Å². The Hall–Kier alpha value is -4.43. The summed E-state index contributed by atoms with van der Waals surface area (Å²) in [7, 11) is 0. The zero-order valence-electron chi connectivity index (χ0n) is 24.0. The molecule has 41 heavy (non-hydrogen) atoms. The summed E-state index contributed by atoms with van der Waals surface area (Å²) < 4.78 is 11.3. The van der Waals surface area contributed by atoms with E-state index in [9.17, 15) is 14.4 Å². The van der Waals surface area contributed by atoms with E-state index in [0.29, 0.717) is 46.5 Å². The van der Waals surface area contributed by atoms with E-state index in [-0.39, 0.29) is 5.78 Å². The zero-order valence-corrected chi connectivity index (χ0v) is 24.0. The molecule has 1 aliphatic heterocycles. The number of Topliss-reactive ketones (excluding diaryl/α,β-unsaturated/α-hetero) is 1. The van der Waals surface area contributed by atoms with Crippen molar-refractivity contribution in [3.05, 3.63) is 91.6 Å². The van der Waals surface area contributed by atoms with E-state index in [2.05, 4.69) is 42.8 Å². The molecule has 8 heteroatoms. The van der Waals surface area contributed by atoms with Crippen LogP contribution < -0.4 is 26.4 Å². The highest BCUT2D eigenvalue weighted by atomic mass is 16.4. The largest absolute Gasteiger partial charge is 0.422 e. The first-order valence-electron chi connectivity index (χ1n) is 14.2. The molecular weight excluding hydrogens is 518 g/mol. The molecule has 3 heterocycles. The van der Waals surface area contributed by atoms with Crippen LogP contribution in [0.4, 0.5) is 11.4 Å². The molecule has 1 saturated heterocycles. The van der Waals surface area contributed by atoms with Crippen molar-refractivity contribution in [1.82, 2.24) is 5.32 Å². The van der Waals surface area contributed by atoms with Crippen molar-refractivity contribution in [1.29, 1.82) is 0 Å². The van der Waals surface area contributed by atoms with Gasteiger partial charge in [-0.1, -0.05) is 0 Å². The number of rotatable bonds is 8. The number of nitrogens with one attached hydrogen (secondary N) is 1. The number of carbonyl (C=O) groups excluding carboxylic acids is 1. The van der Waals surface area contributed by atoms with Crippen molar-refractivity contribution in [2.24, 2.45) is 0 Å². The summed E-state index contributed by atoms with van der Waals surface area (Å²) in [4.78, 5) is 43.5. The van der Waals surface area contributed by atoms with E-state index in [1.54, 1.807) is 24.3 Å². The molecule has 0 bridgehead atoms. The third kappa shape index (κ3) is 5.74. The van der Waals surface area contributed by atoms with Gasteiger partial charge in [0.2, 0.25) is 0 Å². The lowest BCUT2D eigenvalue weighted by molar-refractivity contribution is -0.112. The minimum absolute atomic E-state index is 0.225. The van der Waals surface area contributed by atoms with Gasteiger partial charge in [-0.3, -0.25) is 4.79 Å². The van der Waals surface area contributed by atoms with Crippen molar-refractivity contribution in [3.63, 3.8) is 0 Å². The van der Waals surface area contributed by atoms with Crippen molar-refractivity contribution in [2.75, 3.05) is 49.1 Å². The topological polar surface area (TPSA) is 96.0 Å². The first kappa shape index (κ1) is 28.1. The predicted molar refractivity (Wildman–Crippen MR) is 166 cm³/mol. The summed E-state index contributed by atoms with van der Waals surface area (Å²) in [6, 6.07) is 15.1. The molecule has 212 valence electrons. The van der Waals surface area contributed by atoms with E-state index in [4.69, 9.17) is 8.83 Å². The average molecular weight is 554 g/mol. The van der Waals surface area contributed by atoms with Crippen LogP contribution >= 0.6 is 0 Å². The summed E-state index contributed by atoms with van der Waals surface area (Å²) in [5.74, 6) is -0.225. The molecule has 1 aliphatic rings. The number of piperidine rings is 1. The lowest BCUT2D eigenvalue weighted by Crippen LogP contribution is -2.33. The standard InChI is InChI=1S/C33H35N3O5/c1-5-35(6-2)27-11-9-21-13-23(32(38)40-29(21)17-27)15-25-19-34-20-26(31(25)37)16-24-14-22-10-12-28(36(7-3)8-4)18-30(22)41-33(24)39/h9-18,34H,5-8,19-20H2,1-4H3/b25-15+,26-16+. The molecule has 1 N–H and O–H groups in total. The van der Waals surface area contributed by atoms with Crippen LogP contribution in [0.15, 0.2) is 78.1 Å². The number of hydrogen-bond donors (Lipinski definition) is 1. The van der Waals surface area contributed by atoms with Gasteiger partial charge in [-0.25, -0.2) is 9.59 Å². The fourth-order valence-corrected chi connectivity index (χ4v) is 5.31. The molecule has 0 saturated carbocycles. The molecule has 8 nitrogen and oxygen atoms in total. The van der Waals surface area contributed by atoms with Crippen LogP contribution in [-0.2, 0) is 4.79 Å². The third-order valence-corrected chi connectivity index (χ3v) is 7.62. The Bertz CT molecular complexity index is 1660. The second kappa shape index (κ2) is 12.0. The highest BCUT2D eigenvalue weighted by Crippen LogP contribution is 2.25. The van der Waals surface area contributed by atoms with Gasteiger partial charge in [-0.2, -0.15) is 0 Å². The molecular formula is C33H35N3O5. The monoisotopic (exact) mass is 553 g/mol. The first-order chi connectivity index (χ1) is 19.8. The maximum atomic E-state index is 13.4. The fourth-order valence-electron chi connectivity index (χ4n) is 5.31. The highest BCUT2D eigenvalue weighted by Gasteiger charge is 2.22. The predicted octanol–water partition coefficient (Wildman–Crippen LogP) is 5.23. The Balaban J connectivity index is 1.45.